The Bertz CT molecular complexity index is 478. The van der Waals surface area contributed by atoms with E-state index in [-0.39, 0.29) is 0 Å². The van der Waals surface area contributed by atoms with E-state index in [2.05, 4.69) is 9.97 Å². The molecule has 0 amide bonds. The van der Waals surface area contributed by atoms with Gasteiger partial charge in [-0.1, -0.05) is 23.2 Å². The van der Waals surface area contributed by atoms with Crippen LogP contribution in [0.15, 0.2) is 12.4 Å². The van der Waals surface area contributed by atoms with Gasteiger partial charge in [0.1, 0.15) is 5.65 Å². The maximum atomic E-state index is 10.6. The number of aldehydes is 1. The van der Waals surface area contributed by atoms with Crippen LogP contribution in [0.1, 0.15) is 10.4 Å². The van der Waals surface area contributed by atoms with Gasteiger partial charge in [-0.25, -0.2) is 4.98 Å². The van der Waals surface area contributed by atoms with Crippen LogP contribution in [-0.2, 0) is 0 Å². The molecule has 1 N–H and O–H groups in total. The van der Waals surface area contributed by atoms with E-state index in [0.29, 0.717) is 32.9 Å². The summed E-state index contributed by atoms with van der Waals surface area (Å²) in [7, 11) is 0. The molecule has 2 aromatic heterocycles. The molecule has 0 bridgehead atoms. The van der Waals surface area contributed by atoms with Crippen molar-refractivity contribution in [3.63, 3.8) is 0 Å². The van der Waals surface area contributed by atoms with Crippen molar-refractivity contribution in [1.29, 1.82) is 0 Å². The van der Waals surface area contributed by atoms with Crippen molar-refractivity contribution in [2.24, 2.45) is 0 Å². The number of aromatic nitrogens is 2. The number of nitrogens with zero attached hydrogens (tertiary/aromatic N) is 1. The van der Waals surface area contributed by atoms with Gasteiger partial charge in [-0.15, -0.1) is 0 Å². The Balaban J connectivity index is 2.93. The van der Waals surface area contributed by atoms with Crippen molar-refractivity contribution in [3.05, 3.63) is 28.0 Å². The summed E-state index contributed by atoms with van der Waals surface area (Å²) in [6.07, 6.45) is 3.70. The second kappa shape index (κ2) is 3.01. The van der Waals surface area contributed by atoms with Crippen LogP contribution >= 0.6 is 23.2 Å². The molecule has 0 radical (unpaired) electrons. The summed E-state index contributed by atoms with van der Waals surface area (Å²) in [6.45, 7) is 0. The fourth-order valence-electron chi connectivity index (χ4n) is 1.15. The molecular weight excluding hydrogens is 211 g/mol. The number of carbonyl (C=O) groups excluding carboxylic acids is 1. The molecule has 0 spiro atoms. The summed E-state index contributed by atoms with van der Waals surface area (Å²) < 4.78 is 0. The average Bonchev–Trinajstić information content (AvgIpc) is 2.55. The summed E-state index contributed by atoms with van der Waals surface area (Å²) >= 11 is 11.6. The van der Waals surface area contributed by atoms with Crippen LogP contribution in [0.3, 0.4) is 0 Å². The second-order valence-electron chi connectivity index (χ2n) is 2.51. The standard InChI is InChI=1S/C8H4Cl2N2O/c9-5-2-12-8-6(7(5)10)4(3-13)1-11-8/h1-3H,(H,11,12). The van der Waals surface area contributed by atoms with E-state index in [1.54, 1.807) is 6.20 Å². The zero-order valence-electron chi connectivity index (χ0n) is 6.34. The Morgan fingerprint density at radius 1 is 1.46 bits per heavy atom. The smallest absolute Gasteiger partial charge is 0.152 e. The van der Waals surface area contributed by atoms with E-state index in [9.17, 15) is 4.79 Å². The minimum atomic E-state index is 0.344. The van der Waals surface area contributed by atoms with Gasteiger partial charge in [0.05, 0.1) is 10.0 Å². The molecule has 0 aliphatic rings. The summed E-state index contributed by atoms with van der Waals surface area (Å²) in [4.78, 5) is 17.4. The van der Waals surface area contributed by atoms with Crippen LogP contribution in [0.5, 0.6) is 0 Å². The first kappa shape index (κ1) is 8.53. The maximum absolute atomic E-state index is 10.6. The van der Waals surface area contributed by atoms with Gasteiger partial charge in [-0.3, -0.25) is 4.79 Å². The SMILES string of the molecule is O=Cc1c[nH]c2ncc(Cl)c(Cl)c12. The average molecular weight is 215 g/mol. The fraction of sp³-hybridized carbons (Fsp3) is 0. The lowest BCUT2D eigenvalue weighted by Gasteiger charge is -1.96. The third-order valence-corrected chi connectivity index (χ3v) is 2.53. The van der Waals surface area contributed by atoms with Crippen molar-refractivity contribution in [2.75, 3.05) is 0 Å². The Hall–Kier alpha value is -1.06. The molecule has 0 aromatic carbocycles. The Morgan fingerprint density at radius 2 is 2.23 bits per heavy atom. The summed E-state index contributed by atoms with van der Waals surface area (Å²) in [5.41, 5.74) is 1.03. The number of H-pyrrole nitrogens is 1. The molecule has 0 fully saturated rings. The van der Waals surface area contributed by atoms with E-state index < -0.39 is 0 Å². The molecule has 0 saturated carbocycles. The first-order chi connectivity index (χ1) is 6.24. The summed E-state index contributed by atoms with van der Waals surface area (Å²) in [5, 5.41) is 1.27. The van der Waals surface area contributed by atoms with E-state index in [0.717, 1.165) is 0 Å². The third kappa shape index (κ3) is 1.20. The normalized spacial score (nSPS) is 10.6. The predicted octanol–water partition coefficient (Wildman–Crippen LogP) is 2.68. The van der Waals surface area contributed by atoms with Gasteiger partial charge in [-0.2, -0.15) is 0 Å². The van der Waals surface area contributed by atoms with Gasteiger partial charge < -0.3 is 4.98 Å². The molecule has 2 aromatic rings. The molecule has 13 heavy (non-hydrogen) atoms. The first-order valence-electron chi connectivity index (χ1n) is 3.50. The highest BCUT2D eigenvalue weighted by molar-refractivity contribution is 6.45. The minimum absolute atomic E-state index is 0.344. The quantitative estimate of drug-likeness (QED) is 0.743. The predicted molar refractivity (Wildman–Crippen MR) is 51.5 cm³/mol. The second-order valence-corrected chi connectivity index (χ2v) is 3.29. The first-order valence-corrected chi connectivity index (χ1v) is 4.26. The number of fused-ring (bicyclic) bond motifs is 1. The van der Waals surface area contributed by atoms with E-state index in [1.165, 1.54) is 6.20 Å². The summed E-state index contributed by atoms with van der Waals surface area (Å²) in [6, 6.07) is 0. The van der Waals surface area contributed by atoms with Crippen molar-refractivity contribution in [3.8, 4) is 0 Å². The van der Waals surface area contributed by atoms with Crippen molar-refractivity contribution in [1.82, 2.24) is 9.97 Å². The number of aromatic amines is 1. The number of carbonyl (C=O) groups is 1. The van der Waals surface area contributed by atoms with Gasteiger partial charge in [-0.05, 0) is 0 Å². The number of rotatable bonds is 1. The Morgan fingerprint density at radius 3 is 2.92 bits per heavy atom. The zero-order valence-corrected chi connectivity index (χ0v) is 7.86. The zero-order chi connectivity index (χ0) is 9.42. The van der Waals surface area contributed by atoms with E-state index >= 15 is 0 Å². The Kier molecular flexibility index (Phi) is 1.98. The van der Waals surface area contributed by atoms with Gasteiger partial charge in [0, 0.05) is 23.3 Å². The minimum Gasteiger partial charge on any atom is -0.345 e. The van der Waals surface area contributed by atoms with Crippen molar-refractivity contribution in [2.45, 2.75) is 0 Å². The molecule has 0 atom stereocenters. The van der Waals surface area contributed by atoms with Crippen LogP contribution in [0.2, 0.25) is 10.0 Å². The van der Waals surface area contributed by atoms with Crippen LogP contribution < -0.4 is 0 Å². The topological polar surface area (TPSA) is 45.8 Å². The molecule has 66 valence electrons. The van der Waals surface area contributed by atoms with Gasteiger partial charge in [0.2, 0.25) is 0 Å². The van der Waals surface area contributed by atoms with Crippen LogP contribution in [0, 0.1) is 0 Å². The fourth-order valence-corrected chi connectivity index (χ4v) is 1.54. The lowest BCUT2D eigenvalue weighted by Crippen LogP contribution is -1.80. The maximum Gasteiger partial charge on any atom is 0.152 e. The Labute approximate surface area is 83.7 Å². The molecule has 5 heteroatoms. The number of pyridine rings is 1. The molecule has 0 saturated heterocycles. The molecule has 2 heterocycles. The monoisotopic (exact) mass is 214 g/mol. The highest BCUT2D eigenvalue weighted by atomic mass is 35.5. The molecule has 0 aliphatic carbocycles. The highest BCUT2D eigenvalue weighted by Crippen LogP contribution is 2.30. The van der Waals surface area contributed by atoms with Crippen molar-refractivity contribution >= 4 is 40.5 Å². The van der Waals surface area contributed by atoms with Gasteiger partial charge in [0.25, 0.3) is 0 Å². The number of hydrogen-bond acceptors (Lipinski definition) is 2. The van der Waals surface area contributed by atoms with Crippen LogP contribution in [0.4, 0.5) is 0 Å². The molecular formula is C8H4Cl2N2O. The molecule has 2 rings (SSSR count). The van der Waals surface area contributed by atoms with Gasteiger partial charge >= 0.3 is 0 Å². The number of hydrogen-bond donors (Lipinski definition) is 1. The van der Waals surface area contributed by atoms with E-state index in [4.69, 9.17) is 23.2 Å². The largest absolute Gasteiger partial charge is 0.345 e. The number of halogens is 2. The van der Waals surface area contributed by atoms with Gasteiger partial charge in [0.15, 0.2) is 6.29 Å². The van der Waals surface area contributed by atoms with Crippen LogP contribution in [-0.4, -0.2) is 16.3 Å². The lowest BCUT2D eigenvalue weighted by molar-refractivity contribution is 0.112. The highest BCUT2D eigenvalue weighted by Gasteiger charge is 2.10. The molecule has 3 nitrogen and oxygen atoms in total. The summed E-state index contributed by atoms with van der Waals surface area (Å²) in [5.74, 6) is 0. The number of nitrogens with one attached hydrogen (secondary N) is 1. The van der Waals surface area contributed by atoms with Crippen molar-refractivity contribution < 1.29 is 4.79 Å². The molecule has 0 unspecified atom stereocenters. The molecule has 0 aliphatic heterocycles. The van der Waals surface area contributed by atoms with E-state index in [1.807, 2.05) is 0 Å². The lowest BCUT2D eigenvalue weighted by atomic mass is 10.2. The van der Waals surface area contributed by atoms with Crippen LogP contribution in [0.25, 0.3) is 11.0 Å². The third-order valence-electron chi connectivity index (χ3n) is 1.75.